The molecule has 0 spiro atoms. The minimum Gasteiger partial charge on any atom is -0.502 e. The molecule has 0 amide bonds. The van der Waals surface area contributed by atoms with Gasteiger partial charge in [0.1, 0.15) is 0 Å². The Balaban J connectivity index is 2.97. The second-order valence-electron chi connectivity index (χ2n) is 5.20. The zero-order valence-corrected chi connectivity index (χ0v) is 13.7. The maximum atomic E-state index is 8.91. The number of halogens is 1. The Hall–Kier alpha value is 0.0200. The van der Waals surface area contributed by atoms with Gasteiger partial charge in [0.25, 0.3) is 0 Å². The van der Waals surface area contributed by atoms with Gasteiger partial charge in [0.15, 0.2) is 4.67 Å². The van der Waals surface area contributed by atoms with Crippen molar-refractivity contribution in [3.05, 3.63) is 10.7 Å². The predicted molar refractivity (Wildman–Crippen MR) is 85.3 cm³/mol. The van der Waals surface area contributed by atoms with E-state index in [0.29, 0.717) is 0 Å². The van der Waals surface area contributed by atoms with E-state index in [4.69, 9.17) is 5.11 Å². The number of aliphatic hydroxyl groups is 1. The lowest BCUT2D eigenvalue weighted by Crippen LogP contribution is -1.82. The summed E-state index contributed by atoms with van der Waals surface area (Å²) in [6, 6.07) is 0. The Kier molecular flexibility index (Phi) is 15.1. The van der Waals surface area contributed by atoms with Crippen LogP contribution in [0.4, 0.5) is 0 Å². The van der Waals surface area contributed by atoms with Crippen molar-refractivity contribution in [1.29, 1.82) is 0 Å². The first kappa shape index (κ1) is 18.0. The Morgan fingerprint density at radius 2 is 1.17 bits per heavy atom. The Labute approximate surface area is 122 Å². The van der Waals surface area contributed by atoms with E-state index in [2.05, 4.69) is 22.9 Å². The lowest BCUT2D eigenvalue weighted by molar-refractivity contribution is 0.456. The van der Waals surface area contributed by atoms with Gasteiger partial charge in [-0.25, -0.2) is 0 Å². The molecule has 0 radical (unpaired) electrons. The van der Waals surface area contributed by atoms with E-state index in [9.17, 15) is 0 Å². The first-order valence-electron chi connectivity index (χ1n) is 7.82. The summed E-state index contributed by atoms with van der Waals surface area (Å²) in [7, 11) is 0. The van der Waals surface area contributed by atoms with Crippen molar-refractivity contribution in [2.75, 3.05) is 0 Å². The monoisotopic (exact) mass is 318 g/mol. The third-order valence-electron chi connectivity index (χ3n) is 3.37. The van der Waals surface area contributed by atoms with Crippen LogP contribution in [-0.4, -0.2) is 5.11 Å². The summed E-state index contributed by atoms with van der Waals surface area (Å²) >= 11 is 3.02. The van der Waals surface area contributed by atoms with Gasteiger partial charge in [0.05, 0.1) is 0 Å². The minimum atomic E-state index is 0.283. The van der Waals surface area contributed by atoms with Gasteiger partial charge in [-0.05, 0) is 34.8 Å². The van der Waals surface area contributed by atoms with Crippen molar-refractivity contribution in [3.8, 4) is 0 Å². The molecule has 0 rings (SSSR count). The topological polar surface area (TPSA) is 20.2 Å². The van der Waals surface area contributed by atoms with Crippen LogP contribution in [0.2, 0.25) is 0 Å². The normalized spacial score (nSPS) is 12.0. The number of allylic oxidation sites excluding steroid dienone is 1. The molecule has 0 unspecified atom stereocenters. The Morgan fingerprint density at radius 1 is 0.778 bits per heavy atom. The van der Waals surface area contributed by atoms with Crippen LogP contribution in [0.25, 0.3) is 0 Å². The summed E-state index contributed by atoms with van der Waals surface area (Å²) in [5, 5.41) is 8.91. The second-order valence-corrected chi connectivity index (χ2v) is 6.02. The molecule has 0 saturated heterocycles. The van der Waals surface area contributed by atoms with Gasteiger partial charge in [-0.2, -0.15) is 0 Å². The molecule has 1 N–H and O–H groups in total. The van der Waals surface area contributed by atoms with E-state index in [1.807, 2.05) is 6.08 Å². The molecule has 0 aliphatic heterocycles. The van der Waals surface area contributed by atoms with Crippen LogP contribution in [0.1, 0.15) is 90.4 Å². The standard InChI is InChI=1S/C16H31BrO/c1-2-3-4-5-6-7-8-9-10-11-12-13-14-15-16(17)18/h15,18H,2-14H2,1H3. The fourth-order valence-electron chi connectivity index (χ4n) is 2.21. The summed E-state index contributed by atoms with van der Waals surface area (Å²) in [4.78, 5) is 0. The van der Waals surface area contributed by atoms with Crippen LogP contribution in [0, 0.1) is 0 Å². The molecule has 0 saturated carbocycles. The molecular formula is C16H31BrO. The fourth-order valence-corrected chi connectivity index (χ4v) is 2.44. The van der Waals surface area contributed by atoms with Crippen molar-refractivity contribution in [3.63, 3.8) is 0 Å². The average Bonchev–Trinajstić information content (AvgIpc) is 2.34. The molecule has 0 bridgehead atoms. The van der Waals surface area contributed by atoms with Gasteiger partial charge in [-0.3, -0.25) is 0 Å². The summed E-state index contributed by atoms with van der Waals surface area (Å²) in [6.45, 7) is 2.27. The lowest BCUT2D eigenvalue weighted by Gasteiger charge is -2.02. The maximum Gasteiger partial charge on any atom is 0.154 e. The van der Waals surface area contributed by atoms with Crippen molar-refractivity contribution < 1.29 is 5.11 Å². The largest absolute Gasteiger partial charge is 0.502 e. The van der Waals surface area contributed by atoms with Crippen molar-refractivity contribution in [2.45, 2.75) is 90.4 Å². The Bertz CT molecular complexity index is 186. The molecule has 0 aromatic carbocycles. The molecule has 108 valence electrons. The molecule has 0 atom stereocenters. The Morgan fingerprint density at radius 3 is 1.56 bits per heavy atom. The summed E-state index contributed by atoms with van der Waals surface area (Å²) in [5.74, 6) is 0. The molecule has 2 heteroatoms. The molecule has 0 aromatic heterocycles. The van der Waals surface area contributed by atoms with Crippen LogP contribution in [0.15, 0.2) is 10.7 Å². The lowest BCUT2D eigenvalue weighted by atomic mass is 10.0. The number of aliphatic hydroxyl groups excluding tert-OH is 1. The van der Waals surface area contributed by atoms with Gasteiger partial charge in [-0.1, -0.05) is 77.6 Å². The van der Waals surface area contributed by atoms with Crippen LogP contribution in [0.3, 0.4) is 0 Å². The van der Waals surface area contributed by atoms with Crippen LogP contribution >= 0.6 is 15.9 Å². The van der Waals surface area contributed by atoms with Crippen molar-refractivity contribution in [1.82, 2.24) is 0 Å². The van der Waals surface area contributed by atoms with Gasteiger partial charge in [0, 0.05) is 0 Å². The highest BCUT2D eigenvalue weighted by Crippen LogP contribution is 2.13. The SMILES string of the molecule is CCCCCCCCCCCCCCC=C(O)Br. The first-order valence-corrected chi connectivity index (χ1v) is 8.61. The first-order chi connectivity index (χ1) is 8.77. The molecule has 0 heterocycles. The number of hydrogen-bond acceptors (Lipinski definition) is 1. The molecule has 0 fully saturated rings. The van der Waals surface area contributed by atoms with E-state index < -0.39 is 0 Å². The smallest absolute Gasteiger partial charge is 0.154 e. The van der Waals surface area contributed by atoms with Gasteiger partial charge < -0.3 is 5.11 Å². The van der Waals surface area contributed by atoms with Crippen molar-refractivity contribution in [2.24, 2.45) is 0 Å². The van der Waals surface area contributed by atoms with Gasteiger partial charge in [0.2, 0.25) is 0 Å². The highest BCUT2D eigenvalue weighted by molar-refractivity contribution is 9.11. The third kappa shape index (κ3) is 16.0. The average molecular weight is 319 g/mol. The summed E-state index contributed by atoms with van der Waals surface area (Å²) in [6.07, 6.45) is 19.4. The fraction of sp³-hybridized carbons (Fsp3) is 0.875. The summed E-state index contributed by atoms with van der Waals surface area (Å²) in [5.41, 5.74) is 0. The van der Waals surface area contributed by atoms with Crippen LogP contribution in [0.5, 0.6) is 0 Å². The quantitative estimate of drug-likeness (QED) is 0.290. The maximum absolute atomic E-state index is 8.91. The van der Waals surface area contributed by atoms with Crippen LogP contribution in [-0.2, 0) is 0 Å². The van der Waals surface area contributed by atoms with Crippen LogP contribution < -0.4 is 0 Å². The molecule has 1 nitrogen and oxygen atoms in total. The summed E-state index contributed by atoms with van der Waals surface area (Å²) < 4.78 is 0.283. The molecule has 0 aliphatic carbocycles. The zero-order valence-electron chi connectivity index (χ0n) is 12.1. The highest BCUT2D eigenvalue weighted by atomic mass is 79.9. The van der Waals surface area contributed by atoms with E-state index in [-0.39, 0.29) is 4.67 Å². The highest BCUT2D eigenvalue weighted by Gasteiger charge is 1.93. The number of rotatable bonds is 13. The molecule has 18 heavy (non-hydrogen) atoms. The second kappa shape index (κ2) is 15.1. The third-order valence-corrected chi connectivity index (χ3v) is 3.69. The van der Waals surface area contributed by atoms with Gasteiger partial charge >= 0.3 is 0 Å². The molecule has 0 aliphatic rings. The molecular weight excluding hydrogens is 288 g/mol. The number of hydrogen-bond donors (Lipinski definition) is 1. The van der Waals surface area contributed by atoms with E-state index in [0.717, 1.165) is 6.42 Å². The van der Waals surface area contributed by atoms with E-state index in [1.54, 1.807) is 0 Å². The molecule has 0 aromatic rings. The van der Waals surface area contributed by atoms with E-state index >= 15 is 0 Å². The number of unbranched alkanes of at least 4 members (excludes halogenated alkanes) is 12. The predicted octanol–water partition coefficient (Wildman–Crippen LogP) is 6.87. The zero-order chi connectivity index (χ0) is 13.5. The van der Waals surface area contributed by atoms with Gasteiger partial charge in [-0.15, -0.1) is 0 Å². The van der Waals surface area contributed by atoms with Crippen molar-refractivity contribution >= 4 is 15.9 Å². The van der Waals surface area contributed by atoms with E-state index in [1.165, 1.54) is 77.0 Å². The minimum absolute atomic E-state index is 0.283.